The number of nitrogens with zero attached hydrogens (tertiary/aromatic N) is 5. The zero-order valence-corrected chi connectivity index (χ0v) is 17.3. The van der Waals surface area contributed by atoms with E-state index < -0.39 is 0 Å². The van der Waals surface area contributed by atoms with Crippen LogP contribution in [0.2, 0.25) is 0 Å². The lowest BCUT2D eigenvalue weighted by molar-refractivity contribution is -0.140. The molecule has 8 heteroatoms. The lowest BCUT2D eigenvalue weighted by atomic mass is 10.0. The van der Waals surface area contributed by atoms with Crippen LogP contribution in [0.1, 0.15) is 55.4 Å². The van der Waals surface area contributed by atoms with Gasteiger partial charge in [0, 0.05) is 30.1 Å². The van der Waals surface area contributed by atoms with Crippen LogP contribution in [-0.4, -0.2) is 44.1 Å². The first-order valence-electron chi connectivity index (χ1n) is 10.5. The molecule has 156 valence electrons. The second kappa shape index (κ2) is 6.47. The molecular formula is C23H21N5O3. The monoisotopic (exact) mass is 415 g/mol. The van der Waals surface area contributed by atoms with Gasteiger partial charge in [0.05, 0.1) is 30.0 Å². The van der Waals surface area contributed by atoms with Crippen molar-refractivity contribution >= 4 is 28.4 Å². The number of carbonyl (C=O) groups is 2. The van der Waals surface area contributed by atoms with Gasteiger partial charge < -0.3 is 14.3 Å². The molecule has 3 aliphatic rings. The van der Waals surface area contributed by atoms with Crippen LogP contribution >= 0.6 is 0 Å². The molecule has 4 heterocycles. The van der Waals surface area contributed by atoms with E-state index in [1.165, 1.54) is 0 Å². The zero-order valence-electron chi connectivity index (χ0n) is 17.3. The molecule has 0 spiro atoms. The van der Waals surface area contributed by atoms with E-state index in [1.54, 1.807) is 4.90 Å². The summed E-state index contributed by atoms with van der Waals surface area (Å²) in [4.78, 5) is 40.2. The fourth-order valence-corrected chi connectivity index (χ4v) is 4.63. The average Bonchev–Trinajstić information content (AvgIpc) is 3.42. The normalized spacial score (nSPS) is 20.8. The molecule has 0 saturated heterocycles. The number of likely N-dealkylation sites (N-methyl/N-ethyl adjacent to an activating group) is 1. The van der Waals surface area contributed by atoms with E-state index in [-0.39, 0.29) is 24.3 Å². The highest BCUT2D eigenvalue weighted by molar-refractivity contribution is 6.12. The van der Waals surface area contributed by atoms with Gasteiger partial charge in [-0.2, -0.15) is 0 Å². The van der Waals surface area contributed by atoms with Crippen LogP contribution < -0.4 is 0 Å². The summed E-state index contributed by atoms with van der Waals surface area (Å²) in [5.41, 5.74) is 4.18. The van der Waals surface area contributed by atoms with Gasteiger partial charge in [-0.3, -0.25) is 9.78 Å². The average molecular weight is 415 g/mol. The third-order valence-corrected chi connectivity index (χ3v) is 6.37. The van der Waals surface area contributed by atoms with Crippen LogP contribution in [0.5, 0.6) is 0 Å². The van der Waals surface area contributed by atoms with Crippen molar-refractivity contribution in [3.8, 4) is 11.3 Å². The number of carbonyl (C=O) groups excluding carboxylic acids is 2. The van der Waals surface area contributed by atoms with Crippen LogP contribution in [0.15, 0.2) is 35.6 Å². The SMILES string of the molecule is C[C@H]1C(=O)N(C)Cc2c(-c3cccc4cc(C5=NOC(=O)C5)ncc34)nc(C3CC3)n21. The summed E-state index contributed by atoms with van der Waals surface area (Å²) in [7, 11) is 1.85. The van der Waals surface area contributed by atoms with Gasteiger partial charge in [-0.15, -0.1) is 0 Å². The highest BCUT2D eigenvalue weighted by Gasteiger charge is 2.38. The number of benzene rings is 1. The van der Waals surface area contributed by atoms with Crippen molar-refractivity contribution in [2.75, 3.05) is 7.05 Å². The van der Waals surface area contributed by atoms with Crippen LogP contribution in [0.4, 0.5) is 0 Å². The Morgan fingerprint density at radius 1 is 1.19 bits per heavy atom. The summed E-state index contributed by atoms with van der Waals surface area (Å²) < 4.78 is 2.16. The van der Waals surface area contributed by atoms with Crippen molar-refractivity contribution in [1.82, 2.24) is 19.4 Å². The maximum atomic E-state index is 12.6. The van der Waals surface area contributed by atoms with Crippen LogP contribution in [0, 0.1) is 0 Å². The molecule has 1 amide bonds. The van der Waals surface area contributed by atoms with Crippen molar-refractivity contribution in [3.05, 3.63) is 47.7 Å². The van der Waals surface area contributed by atoms with Gasteiger partial charge in [0.1, 0.15) is 17.6 Å². The van der Waals surface area contributed by atoms with Crippen molar-refractivity contribution in [2.24, 2.45) is 5.16 Å². The summed E-state index contributed by atoms with van der Waals surface area (Å²) in [5, 5.41) is 5.81. The van der Waals surface area contributed by atoms with Crippen LogP contribution in [0.25, 0.3) is 22.0 Å². The van der Waals surface area contributed by atoms with E-state index in [0.717, 1.165) is 46.4 Å². The Morgan fingerprint density at radius 3 is 2.77 bits per heavy atom. The lowest BCUT2D eigenvalue weighted by Gasteiger charge is -2.31. The highest BCUT2D eigenvalue weighted by Crippen LogP contribution is 2.44. The number of rotatable bonds is 3. The minimum absolute atomic E-state index is 0.122. The number of aromatic nitrogens is 3. The standard InChI is InChI=1S/C23H21N5O3/c1-12-23(30)27(2)11-19-21(25-22(28(12)19)13-6-7-13)15-5-3-4-14-8-17(24-10-16(14)15)18-9-20(29)31-26-18/h3-5,8,10,12-13H,6-7,9,11H2,1-2H3/t12-/m0/s1. The first kappa shape index (κ1) is 18.2. The predicted octanol–water partition coefficient (Wildman–Crippen LogP) is 3.16. The Balaban J connectivity index is 1.51. The Morgan fingerprint density at radius 2 is 2.03 bits per heavy atom. The summed E-state index contributed by atoms with van der Waals surface area (Å²) in [6, 6.07) is 7.77. The molecule has 0 radical (unpaired) electrons. The smallest absolute Gasteiger partial charge is 0.338 e. The Kier molecular flexibility index (Phi) is 3.81. The first-order valence-corrected chi connectivity index (χ1v) is 10.5. The third kappa shape index (κ3) is 2.78. The molecule has 2 aliphatic heterocycles. The number of oxime groups is 1. The van der Waals surface area contributed by atoms with Crippen LogP contribution in [-0.2, 0) is 21.0 Å². The molecule has 8 nitrogen and oxygen atoms in total. The fourth-order valence-electron chi connectivity index (χ4n) is 4.63. The maximum Gasteiger partial charge on any atom is 0.341 e. The van der Waals surface area contributed by atoms with Gasteiger partial charge in [0.2, 0.25) is 5.91 Å². The van der Waals surface area contributed by atoms with E-state index >= 15 is 0 Å². The predicted molar refractivity (Wildman–Crippen MR) is 113 cm³/mol. The van der Waals surface area contributed by atoms with Crippen molar-refractivity contribution in [2.45, 2.75) is 44.7 Å². The molecule has 6 rings (SSSR count). The van der Waals surface area contributed by atoms with Crippen LogP contribution in [0.3, 0.4) is 0 Å². The zero-order chi connectivity index (χ0) is 21.3. The Labute approximate surface area is 178 Å². The molecule has 1 saturated carbocycles. The molecule has 3 aromatic rings. The van der Waals surface area contributed by atoms with E-state index in [2.05, 4.69) is 20.8 Å². The molecule has 0 bridgehead atoms. The van der Waals surface area contributed by atoms with E-state index in [4.69, 9.17) is 9.82 Å². The van der Waals surface area contributed by atoms with E-state index in [1.807, 2.05) is 38.4 Å². The Hall–Kier alpha value is -3.55. The quantitative estimate of drug-likeness (QED) is 0.613. The van der Waals surface area contributed by atoms with E-state index in [0.29, 0.717) is 23.9 Å². The molecule has 1 aromatic carbocycles. The van der Waals surface area contributed by atoms with E-state index in [9.17, 15) is 9.59 Å². The molecule has 31 heavy (non-hydrogen) atoms. The first-order chi connectivity index (χ1) is 15.0. The third-order valence-electron chi connectivity index (χ3n) is 6.37. The van der Waals surface area contributed by atoms with Gasteiger partial charge in [-0.05, 0) is 31.2 Å². The van der Waals surface area contributed by atoms with Gasteiger partial charge in [0.25, 0.3) is 0 Å². The summed E-state index contributed by atoms with van der Waals surface area (Å²) >= 11 is 0. The maximum absolute atomic E-state index is 12.6. The number of fused-ring (bicyclic) bond motifs is 2. The van der Waals surface area contributed by atoms with Crippen molar-refractivity contribution < 1.29 is 14.4 Å². The minimum Gasteiger partial charge on any atom is -0.338 e. The molecule has 2 aromatic heterocycles. The number of hydrogen-bond donors (Lipinski definition) is 0. The lowest BCUT2D eigenvalue weighted by Crippen LogP contribution is -2.39. The molecule has 0 N–H and O–H groups in total. The molecule has 0 unspecified atom stereocenters. The van der Waals surface area contributed by atoms with Gasteiger partial charge in [-0.1, -0.05) is 23.4 Å². The largest absolute Gasteiger partial charge is 0.341 e. The summed E-state index contributed by atoms with van der Waals surface area (Å²) in [5.74, 6) is 1.22. The highest BCUT2D eigenvalue weighted by atomic mass is 16.7. The topological polar surface area (TPSA) is 89.7 Å². The molecule has 1 atom stereocenters. The number of hydrogen-bond acceptors (Lipinski definition) is 6. The molecule has 1 aliphatic carbocycles. The van der Waals surface area contributed by atoms with Gasteiger partial charge in [0.15, 0.2) is 0 Å². The Bertz CT molecular complexity index is 1300. The van der Waals surface area contributed by atoms with Gasteiger partial charge >= 0.3 is 5.97 Å². The fraction of sp³-hybridized carbons (Fsp3) is 0.348. The molecule has 1 fully saturated rings. The minimum atomic E-state index is -0.365. The number of pyridine rings is 1. The molecular weight excluding hydrogens is 394 g/mol. The number of imidazole rings is 1. The van der Waals surface area contributed by atoms with Crippen molar-refractivity contribution in [3.63, 3.8) is 0 Å². The van der Waals surface area contributed by atoms with Crippen molar-refractivity contribution in [1.29, 1.82) is 0 Å². The summed E-state index contributed by atoms with van der Waals surface area (Å²) in [6.45, 7) is 2.50. The summed E-state index contributed by atoms with van der Waals surface area (Å²) in [6.07, 6.45) is 4.19. The second-order valence-corrected chi connectivity index (χ2v) is 8.55. The number of amides is 1. The van der Waals surface area contributed by atoms with Gasteiger partial charge in [-0.25, -0.2) is 9.78 Å². The second-order valence-electron chi connectivity index (χ2n) is 8.55.